The fourth-order valence-corrected chi connectivity index (χ4v) is 4.18. The molecule has 24 heavy (non-hydrogen) atoms. The molecule has 0 spiro atoms. The molecule has 3 nitrogen and oxygen atoms in total. The van der Waals surface area contributed by atoms with E-state index in [0.29, 0.717) is 6.16 Å². The topological polar surface area (TPSA) is 35.5 Å². The highest BCUT2D eigenvalue weighted by Crippen LogP contribution is 2.37. The van der Waals surface area contributed by atoms with Gasteiger partial charge in [-0.05, 0) is 43.4 Å². The monoisotopic (exact) mass is 345 g/mol. The van der Waals surface area contributed by atoms with E-state index in [-0.39, 0.29) is 0 Å². The Morgan fingerprint density at radius 3 is 2.12 bits per heavy atom. The first kappa shape index (κ1) is 18.5. The van der Waals surface area contributed by atoms with Gasteiger partial charge in [0.05, 0.1) is 19.8 Å². The summed E-state index contributed by atoms with van der Waals surface area (Å²) in [6.07, 6.45) is 5.62. The average Bonchev–Trinajstić information content (AvgIpc) is 2.62. The van der Waals surface area contributed by atoms with E-state index in [2.05, 4.69) is 24.3 Å². The first-order chi connectivity index (χ1) is 11.7. The Balaban J connectivity index is 1.76. The Bertz CT molecular complexity index is 618. The quantitative estimate of drug-likeness (QED) is 0.425. The zero-order chi connectivity index (χ0) is 17.2. The first-order valence-corrected chi connectivity index (χ1v) is 10.0. The van der Waals surface area contributed by atoms with Crippen LogP contribution in [0.5, 0.6) is 11.5 Å². The van der Waals surface area contributed by atoms with E-state index in [4.69, 9.17) is 9.47 Å². The molecule has 0 N–H and O–H groups in total. The van der Waals surface area contributed by atoms with Gasteiger partial charge in [-0.2, -0.15) is 0 Å². The maximum absolute atomic E-state index is 12.4. The van der Waals surface area contributed by atoms with Crippen LogP contribution in [0, 0.1) is 0 Å². The van der Waals surface area contributed by atoms with Crippen LogP contribution in [-0.2, 0) is 17.1 Å². The third-order valence-corrected chi connectivity index (χ3v) is 5.56. The molecule has 0 aliphatic rings. The van der Waals surface area contributed by atoms with Crippen molar-refractivity contribution in [1.82, 2.24) is 0 Å². The van der Waals surface area contributed by atoms with Gasteiger partial charge in [-0.15, -0.1) is 0 Å². The Labute approximate surface area is 145 Å². The minimum atomic E-state index is -1.28. The molecule has 1 atom stereocenters. The lowest BCUT2D eigenvalue weighted by atomic mass is 10.1. The number of unbranched alkanes of at least 4 members (excludes halogenated alkanes) is 2. The van der Waals surface area contributed by atoms with Crippen LogP contribution in [0.15, 0.2) is 48.5 Å². The molecule has 0 fully saturated rings. The summed E-state index contributed by atoms with van der Waals surface area (Å²) < 4.78 is 23.2. The summed E-state index contributed by atoms with van der Waals surface area (Å²) in [4.78, 5) is 0. The van der Waals surface area contributed by atoms with Gasteiger partial charge in [0.15, 0.2) is 6.16 Å². The summed E-state index contributed by atoms with van der Waals surface area (Å²) in [5.41, 5.74) is 2.29. The van der Waals surface area contributed by atoms with Gasteiger partial charge in [-0.25, -0.2) is 0 Å². The Morgan fingerprint density at radius 2 is 1.50 bits per heavy atom. The molecule has 0 heterocycles. The highest BCUT2D eigenvalue weighted by atomic mass is 31.1. The van der Waals surface area contributed by atoms with E-state index in [0.717, 1.165) is 48.9 Å². The maximum atomic E-state index is 12.4. The Morgan fingerprint density at radius 1 is 0.833 bits per heavy atom. The second-order valence-electron chi connectivity index (χ2n) is 5.80. The molecule has 2 aromatic rings. The summed E-state index contributed by atoms with van der Waals surface area (Å²) in [6.45, 7) is 0. The Hall–Kier alpha value is -1.86. The zero-order valence-corrected chi connectivity index (χ0v) is 15.4. The largest absolute Gasteiger partial charge is 0.496 e. The van der Waals surface area contributed by atoms with Crippen molar-refractivity contribution in [3.63, 3.8) is 0 Å². The van der Waals surface area contributed by atoms with Crippen LogP contribution in [0.2, 0.25) is 0 Å². The van der Waals surface area contributed by atoms with Gasteiger partial charge in [-0.3, -0.25) is 0 Å². The summed E-state index contributed by atoms with van der Waals surface area (Å²) in [5, 5.41) is 0. The van der Waals surface area contributed by atoms with Crippen LogP contribution in [0.4, 0.5) is 0 Å². The third kappa shape index (κ3) is 5.65. The predicted molar refractivity (Wildman–Crippen MR) is 99.7 cm³/mol. The van der Waals surface area contributed by atoms with Crippen molar-refractivity contribution in [3.05, 3.63) is 59.7 Å². The van der Waals surface area contributed by atoms with Gasteiger partial charge in [0.2, 0.25) is 0 Å². The number of hydrogen-bond donors (Lipinski definition) is 0. The van der Waals surface area contributed by atoms with Crippen molar-refractivity contribution < 1.29 is 14.0 Å². The molecule has 0 saturated heterocycles. The molecule has 2 aromatic carbocycles. The highest BCUT2D eigenvalue weighted by Gasteiger charge is 2.22. The standard InChI is InChI=1S/C20H26O3P/c1-22-19-13-9-14-20(23-2)18(19)16-24(21)15-8-4-7-12-17-10-5-3-6-11-17/h3,5-6,9-11,13-14H,4,7-8,12,15-16H2,1-2H3/q+1. The second-order valence-corrected chi connectivity index (χ2v) is 7.53. The first-order valence-electron chi connectivity index (χ1n) is 8.40. The van der Waals surface area contributed by atoms with Gasteiger partial charge in [-0.1, -0.05) is 41.0 Å². The van der Waals surface area contributed by atoms with Gasteiger partial charge >= 0.3 is 7.80 Å². The van der Waals surface area contributed by atoms with Crippen molar-refractivity contribution in [2.24, 2.45) is 0 Å². The summed E-state index contributed by atoms with van der Waals surface area (Å²) >= 11 is 0. The van der Waals surface area contributed by atoms with Crippen LogP contribution >= 0.6 is 7.80 Å². The maximum Gasteiger partial charge on any atom is 0.343 e. The minimum absolute atomic E-state index is 0.515. The fourth-order valence-electron chi connectivity index (χ4n) is 2.78. The van der Waals surface area contributed by atoms with Crippen LogP contribution in [0.1, 0.15) is 30.4 Å². The summed E-state index contributed by atoms with van der Waals surface area (Å²) in [5.74, 6) is 1.50. The molecule has 1 unspecified atom stereocenters. The fraction of sp³-hybridized carbons (Fsp3) is 0.400. The van der Waals surface area contributed by atoms with Crippen molar-refractivity contribution >= 4 is 7.80 Å². The summed E-state index contributed by atoms with van der Waals surface area (Å²) in [7, 11) is 1.99. The van der Waals surface area contributed by atoms with Crippen LogP contribution in [0.3, 0.4) is 0 Å². The number of benzene rings is 2. The third-order valence-electron chi connectivity index (χ3n) is 4.08. The van der Waals surface area contributed by atoms with Gasteiger partial charge in [0, 0.05) is 0 Å². The highest BCUT2D eigenvalue weighted by molar-refractivity contribution is 7.43. The number of hydrogen-bond acceptors (Lipinski definition) is 3. The van der Waals surface area contributed by atoms with Crippen LogP contribution in [-0.4, -0.2) is 20.4 Å². The van der Waals surface area contributed by atoms with E-state index >= 15 is 0 Å². The zero-order valence-electron chi connectivity index (χ0n) is 14.5. The van der Waals surface area contributed by atoms with Crippen LogP contribution < -0.4 is 9.47 Å². The molecule has 0 aliphatic carbocycles. The molecule has 0 aromatic heterocycles. The van der Waals surface area contributed by atoms with Gasteiger partial charge in [0.25, 0.3) is 0 Å². The summed E-state index contributed by atoms with van der Waals surface area (Å²) in [6, 6.07) is 16.2. The van der Waals surface area contributed by atoms with E-state index in [9.17, 15) is 4.57 Å². The van der Waals surface area contributed by atoms with E-state index in [1.54, 1.807) is 14.2 Å². The van der Waals surface area contributed by atoms with Crippen molar-refractivity contribution in [1.29, 1.82) is 0 Å². The average molecular weight is 345 g/mol. The number of rotatable bonds is 10. The number of aryl methyl sites for hydroxylation is 1. The molecule has 0 amide bonds. The molecule has 0 radical (unpaired) electrons. The van der Waals surface area contributed by atoms with E-state index in [1.807, 2.05) is 24.3 Å². The molecule has 4 heteroatoms. The lowest BCUT2D eigenvalue weighted by molar-refractivity contribution is 0.387. The minimum Gasteiger partial charge on any atom is -0.496 e. The SMILES string of the molecule is COc1cccc(OC)c1C[P+](=O)CCCCCc1ccccc1. The normalized spacial score (nSPS) is 11.2. The van der Waals surface area contributed by atoms with E-state index < -0.39 is 7.80 Å². The molecular weight excluding hydrogens is 319 g/mol. The number of methoxy groups -OCH3 is 2. The van der Waals surface area contributed by atoms with Crippen molar-refractivity contribution in [2.45, 2.75) is 31.8 Å². The predicted octanol–water partition coefficient (Wildman–Crippen LogP) is 5.44. The molecule has 128 valence electrons. The molecule has 0 bridgehead atoms. The Kier molecular flexibility index (Phi) is 7.77. The van der Waals surface area contributed by atoms with Crippen molar-refractivity contribution in [3.8, 4) is 11.5 Å². The smallest absolute Gasteiger partial charge is 0.343 e. The molecule has 0 saturated carbocycles. The van der Waals surface area contributed by atoms with Gasteiger partial charge in [0.1, 0.15) is 17.7 Å². The van der Waals surface area contributed by atoms with Crippen molar-refractivity contribution in [2.75, 3.05) is 20.4 Å². The second kappa shape index (κ2) is 10.1. The molecule has 2 rings (SSSR count). The molecule has 0 aliphatic heterocycles. The van der Waals surface area contributed by atoms with E-state index in [1.165, 1.54) is 5.56 Å². The number of ether oxygens (including phenoxy) is 2. The lowest BCUT2D eigenvalue weighted by Crippen LogP contribution is -1.96. The lowest BCUT2D eigenvalue weighted by Gasteiger charge is -2.09. The molecular formula is C20H26O3P+. The van der Waals surface area contributed by atoms with Gasteiger partial charge < -0.3 is 9.47 Å². The van der Waals surface area contributed by atoms with Crippen LogP contribution in [0.25, 0.3) is 0 Å².